The van der Waals surface area contributed by atoms with Crippen LogP contribution in [0.2, 0.25) is 0 Å². The van der Waals surface area contributed by atoms with Crippen molar-refractivity contribution in [2.75, 3.05) is 6.54 Å². The summed E-state index contributed by atoms with van der Waals surface area (Å²) in [5, 5.41) is 12.9. The van der Waals surface area contributed by atoms with Crippen LogP contribution in [-0.2, 0) is 6.42 Å². The molecule has 3 unspecified atom stereocenters. The highest BCUT2D eigenvalue weighted by Gasteiger charge is 2.20. The van der Waals surface area contributed by atoms with Gasteiger partial charge >= 0.3 is 0 Å². The van der Waals surface area contributed by atoms with Gasteiger partial charge < -0.3 is 10.4 Å². The molecule has 0 amide bonds. The second-order valence-corrected chi connectivity index (χ2v) is 5.68. The first-order chi connectivity index (χ1) is 8.66. The Kier molecular flexibility index (Phi) is 4.79. The number of fused-ring (bicyclic) bond motifs is 1. The van der Waals surface area contributed by atoms with Crippen LogP contribution >= 0.6 is 0 Å². The first-order valence-corrected chi connectivity index (χ1v) is 7.16. The zero-order valence-corrected chi connectivity index (χ0v) is 11.5. The monoisotopic (exact) mass is 247 g/mol. The van der Waals surface area contributed by atoms with Gasteiger partial charge in [-0.25, -0.2) is 0 Å². The molecule has 2 N–H and O–H groups in total. The molecule has 2 nitrogen and oxygen atoms in total. The third kappa shape index (κ3) is 3.56. The highest BCUT2D eigenvalue weighted by molar-refractivity contribution is 5.32. The van der Waals surface area contributed by atoms with Crippen molar-refractivity contribution in [3.63, 3.8) is 0 Å². The summed E-state index contributed by atoms with van der Waals surface area (Å²) in [5.74, 6) is 0.645. The third-order valence-electron chi connectivity index (χ3n) is 3.90. The molecule has 3 atom stereocenters. The van der Waals surface area contributed by atoms with E-state index in [0.29, 0.717) is 12.0 Å². The number of benzene rings is 1. The predicted octanol–water partition coefficient (Wildman–Crippen LogP) is 2.86. The van der Waals surface area contributed by atoms with Crippen LogP contribution in [0.3, 0.4) is 0 Å². The van der Waals surface area contributed by atoms with E-state index in [0.717, 1.165) is 13.0 Å². The van der Waals surface area contributed by atoms with Crippen molar-refractivity contribution in [2.45, 2.75) is 57.6 Å². The predicted molar refractivity (Wildman–Crippen MR) is 75.9 cm³/mol. The van der Waals surface area contributed by atoms with E-state index in [9.17, 15) is 5.11 Å². The Morgan fingerprint density at radius 3 is 2.89 bits per heavy atom. The minimum Gasteiger partial charge on any atom is -0.393 e. The van der Waals surface area contributed by atoms with Crippen molar-refractivity contribution in [1.29, 1.82) is 0 Å². The lowest BCUT2D eigenvalue weighted by atomic mass is 9.83. The maximum absolute atomic E-state index is 9.38. The van der Waals surface area contributed by atoms with E-state index >= 15 is 0 Å². The summed E-state index contributed by atoms with van der Waals surface area (Å²) < 4.78 is 0. The highest BCUT2D eigenvalue weighted by atomic mass is 16.3. The van der Waals surface area contributed by atoms with Crippen molar-refractivity contribution in [3.8, 4) is 0 Å². The van der Waals surface area contributed by atoms with Crippen LogP contribution in [0.25, 0.3) is 0 Å². The van der Waals surface area contributed by atoms with Crippen molar-refractivity contribution >= 4 is 0 Å². The van der Waals surface area contributed by atoms with Gasteiger partial charge in [0.15, 0.2) is 0 Å². The fourth-order valence-electron chi connectivity index (χ4n) is 3.01. The van der Waals surface area contributed by atoms with Gasteiger partial charge in [-0.05, 0) is 56.6 Å². The van der Waals surface area contributed by atoms with E-state index in [-0.39, 0.29) is 6.10 Å². The molecule has 0 aromatic heterocycles. The van der Waals surface area contributed by atoms with Gasteiger partial charge in [-0.15, -0.1) is 0 Å². The van der Waals surface area contributed by atoms with E-state index in [4.69, 9.17) is 0 Å². The summed E-state index contributed by atoms with van der Waals surface area (Å²) >= 11 is 0. The maximum Gasteiger partial charge on any atom is 0.0526 e. The molecule has 1 aliphatic carbocycles. The van der Waals surface area contributed by atoms with E-state index in [1.807, 2.05) is 6.92 Å². The number of rotatable bonds is 5. The quantitative estimate of drug-likeness (QED) is 0.838. The number of hydrogen-bond acceptors (Lipinski definition) is 2. The Balaban J connectivity index is 1.91. The first-order valence-electron chi connectivity index (χ1n) is 7.16. The Hall–Kier alpha value is -0.860. The maximum atomic E-state index is 9.38. The fourth-order valence-corrected chi connectivity index (χ4v) is 3.01. The first kappa shape index (κ1) is 13.6. The summed E-state index contributed by atoms with van der Waals surface area (Å²) in [6, 6.07) is 9.22. The van der Waals surface area contributed by atoms with Crippen LogP contribution in [0.1, 0.15) is 50.2 Å². The molecular formula is C16H25NO. The third-order valence-corrected chi connectivity index (χ3v) is 3.90. The molecule has 0 saturated carbocycles. The average Bonchev–Trinajstić information content (AvgIpc) is 2.35. The van der Waals surface area contributed by atoms with Gasteiger partial charge in [0.25, 0.3) is 0 Å². The molecule has 0 heterocycles. The second-order valence-electron chi connectivity index (χ2n) is 5.68. The molecule has 0 bridgehead atoms. The molecule has 1 aromatic rings. The van der Waals surface area contributed by atoms with E-state index < -0.39 is 0 Å². The van der Waals surface area contributed by atoms with Crippen LogP contribution in [0, 0.1) is 0 Å². The zero-order valence-electron chi connectivity index (χ0n) is 11.5. The van der Waals surface area contributed by atoms with Gasteiger partial charge in [0.1, 0.15) is 0 Å². The summed E-state index contributed by atoms with van der Waals surface area (Å²) in [6.07, 6.45) is 4.43. The van der Waals surface area contributed by atoms with Crippen LogP contribution in [0.5, 0.6) is 0 Å². The van der Waals surface area contributed by atoms with Gasteiger partial charge in [-0.1, -0.05) is 24.3 Å². The SMILES string of the molecule is CC(O)CC(C)NCC1CCCc2ccccc21. The van der Waals surface area contributed by atoms with Gasteiger partial charge in [-0.2, -0.15) is 0 Å². The zero-order chi connectivity index (χ0) is 13.0. The van der Waals surface area contributed by atoms with Gasteiger partial charge in [0, 0.05) is 12.6 Å². The van der Waals surface area contributed by atoms with Gasteiger partial charge in [0.05, 0.1) is 6.10 Å². The Morgan fingerprint density at radius 2 is 2.11 bits per heavy atom. The molecule has 2 heteroatoms. The number of nitrogens with one attached hydrogen (secondary N) is 1. The molecule has 0 fully saturated rings. The van der Waals surface area contributed by atoms with E-state index in [1.54, 1.807) is 0 Å². The molecule has 0 aliphatic heterocycles. The Bertz CT molecular complexity index is 375. The number of aryl methyl sites for hydroxylation is 1. The summed E-state index contributed by atoms with van der Waals surface area (Å²) in [5.41, 5.74) is 3.05. The molecule has 1 aliphatic rings. The molecule has 2 rings (SSSR count). The van der Waals surface area contributed by atoms with Crippen LogP contribution < -0.4 is 5.32 Å². The normalized spacial score (nSPS) is 22.3. The topological polar surface area (TPSA) is 32.3 Å². The Labute approximate surface area is 110 Å². The number of hydrogen-bond donors (Lipinski definition) is 2. The lowest BCUT2D eigenvalue weighted by molar-refractivity contribution is 0.170. The smallest absolute Gasteiger partial charge is 0.0526 e. The molecule has 1 aromatic carbocycles. The number of aliphatic hydroxyl groups is 1. The second kappa shape index (κ2) is 6.35. The van der Waals surface area contributed by atoms with E-state index in [1.165, 1.54) is 30.4 Å². The molecule has 0 spiro atoms. The lowest BCUT2D eigenvalue weighted by Crippen LogP contribution is -2.33. The minimum atomic E-state index is -0.217. The van der Waals surface area contributed by atoms with Gasteiger partial charge in [-0.3, -0.25) is 0 Å². The molecular weight excluding hydrogens is 222 g/mol. The average molecular weight is 247 g/mol. The van der Waals surface area contributed by atoms with Crippen LogP contribution in [0.4, 0.5) is 0 Å². The fraction of sp³-hybridized carbons (Fsp3) is 0.625. The van der Waals surface area contributed by atoms with E-state index in [2.05, 4.69) is 36.5 Å². The standard InChI is InChI=1S/C16H25NO/c1-12(10-13(2)18)17-11-15-8-5-7-14-6-3-4-9-16(14)15/h3-4,6,9,12-13,15,17-18H,5,7-8,10-11H2,1-2H3. The highest BCUT2D eigenvalue weighted by Crippen LogP contribution is 2.30. The molecule has 100 valence electrons. The summed E-state index contributed by atoms with van der Waals surface area (Å²) in [4.78, 5) is 0. The van der Waals surface area contributed by atoms with Crippen molar-refractivity contribution in [1.82, 2.24) is 5.32 Å². The summed E-state index contributed by atoms with van der Waals surface area (Å²) in [6.45, 7) is 5.04. The van der Waals surface area contributed by atoms with Crippen LogP contribution in [-0.4, -0.2) is 23.8 Å². The van der Waals surface area contributed by atoms with Crippen molar-refractivity contribution in [3.05, 3.63) is 35.4 Å². The van der Waals surface area contributed by atoms with Crippen molar-refractivity contribution < 1.29 is 5.11 Å². The molecule has 0 radical (unpaired) electrons. The lowest BCUT2D eigenvalue weighted by Gasteiger charge is -2.27. The Morgan fingerprint density at radius 1 is 1.33 bits per heavy atom. The van der Waals surface area contributed by atoms with Crippen LogP contribution in [0.15, 0.2) is 24.3 Å². The number of aliphatic hydroxyl groups excluding tert-OH is 1. The van der Waals surface area contributed by atoms with Crippen molar-refractivity contribution in [2.24, 2.45) is 0 Å². The largest absolute Gasteiger partial charge is 0.393 e. The minimum absolute atomic E-state index is 0.217. The molecule has 18 heavy (non-hydrogen) atoms. The summed E-state index contributed by atoms with van der Waals surface area (Å²) in [7, 11) is 0. The van der Waals surface area contributed by atoms with Gasteiger partial charge in [0.2, 0.25) is 0 Å². The molecule has 0 saturated heterocycles.